The summed E-state index contributed by atoms with van der Waals surface area (Å²) in [7, 11) is 0. The molecule has 2 rings (SSSR count). The highest BCUT2D eigenvalue weighted by Gasteiger charge is 2.22. The maximum Gasteiger partial charge on any atom is 0.251 e. The molecule has 0 saturated heterocycles. The van der Waals surface area contributed by atoms with Gasteiger partial charge in [0.2, 0.25) is 0 Å². The lowest BCUT2D eigenvalue weighted by Crippen LogP contribution is -2.39. The first kappa shape index (κ1) is 12.9. The molecule has 1 fully saturated rings. The van der Waals surface area contributed by atoms with Gasteiger partial charge in [-0.1, -0.05) is 0 Å². The molecular weight excluding hydrogens is 228 g/mol. The summed E-state index contributed by atoms with van der Waals surface area (Å²) in [6, 6.07) is 5.36. The van der Waals surface area contributed by atoms with Gasteiger partial charge in [-0.05, 0) is 56.4 Å². The summed E-state index contributed by atoms with van der Waals surface area (Å²) in [5.74, 6) is -0.0859. The summed E-state index contributed by atoms with van der Waals surface area (Å²) >= 11 is 0. The van der Waals surface area contributed by atoms with Crippen LogP contribution >= 0.6 is 0 Å². The Morgan fingerprint density at radius 2 is 2.22 bits per heavy atom. The van der Waals surface area contributed by atoms with E-state index in [0.717, 1.165) is 24.8 Å². The minimum Gasteiger partial charge on any atom is -0.399 e. The van der Waals surface area contributed by atoms with E-state index in [1.165, 1.54) is 0 Å². The Kier molecular flexibility index (Phi) is 3.87. The predicted molar refractivity (Wildman–Crippen MR) is 71.3 cm³/mol. The van der Waals surface area contributed by atoms with Crippen LogP contribution in [-0.2, 0) is 0 Å². The largest absolute Gasteiger partial charge is 0.399 e. The van der Waals surface area contributed by atoms with Gasteiger partial charge in [0, 0.05) is 17.3 Å². The third kappa shape index (κ3) is 3.01. The van der Waals surface area contributed by atoms with Gasteiger partial charge in [0.15, 0.2) is 0 Å². The number of carbonyl (C=O) groups excluding carboxylic acids is 1. The molecule has 18 heavy (non-hydrogen) atoms. The summed E-state index contributed by atoms with van der Waals surface area (Å²) < 4.78 is 0. The van der Waals surface area contributed by atoms with Crippen LogP contribution in [-0.4, -0.2) is 23.2 Å². The summed E-state index contributed by atoms with van der Waals surface area (Å²) in [6.45, 7) is 1.89. The number of nitrogen functional groups attached to an aromatic ring is 1. The van der Waals surface area contributed by atoms with Gasteiger partial charge < -0.3 is 16.2 Å². The predicted octanol–water partition coefficient (Wildman–Crippen LogP) is 1.61. The summed E-state index contributed by atoms with van der Waals surface area (Å²) in [6.07, 6.45) is 3.12. The number of anilines is 1. The summed E-state index contributed by atoms with van der Waals surface area (Å²) in [4.78, 5) is 12.0. The first-order valence-corrected chi connectivity index (χ1v) is 6.41. The number of amides is 1. The fourth-order valence-electron chi connectivity index (χ4n) is 2.38. The van der Waals surface area contributed by atoms with Gasteiger partial charge in [-0.2, -0.15) is 0 Å². The molecule has 0 radical (unpaired) electrons. The Balaban J connectivity index is 2.00. The molecule has 98 valence electrons. The lowest BCUT2D eigenvalue weighted by molar-refractivity contribution is 0.0850. The zero-order valence-electron chi connectivity index (χ0n) is 10.6. The number of nitrogens with one attached hydrogen (secondary N) is 1. The first-order chi connectivity index (χ1) is 8.56. The zero-order chi connectivity index (χ0) is 13.1. The number of hydrogen-bond donors (Lipinski definition) is 3. The Morgan fingerprint density at radius 1 is 1.44 bits per heavy atom. The van der Waals surface area contributed by atoms with E-state index in [0.29, 0.717) is 17.7 Å². The smallest absolute Gasteiger partial charge is 0.251 e. The molecule has 4 heteroatoms. The van der Waals surface area contributed by atoms with Gasteiger partial charge in [0.1, 0.15) is 0 Å². The Morgan fingerprint density at radius 3 is 2.89 bits per heavy atom. The summed E-state index contributed by atoms with van der Waals surface area (Å²) in [5.41, 5.74) is 7.96. The first-order valence-electron chi connectivity index (χ1n) is 6.41. The van der Waals surface area contributed by atoms with Crippen molar-refractivity contribution in [3.8, 4) is 0 Å². The highest BCUT2D eigenvalue weighted by atomic mass is 16.3. The second-order valence-corrected chi connectivity index (χ2v) is 5.06. The number of rotatable bonds is 2. The van der Waals surface area contributed by atoms with Crippen LogP contribution in [0.15, 0.2) is 18.2 Å². The van der Waals surface area contributed by atoms with E-state index < -0.39 is 0 Å². The lowest BCUT2D eigenvalue weighted by Gasteiger charge is -2.26. The van der Waals surface area contributed by atoms with Gasteiger partial charge in [0.25, 0.3) is 5.91 Å². The van der Waals surface area contributed by atoms with Crippen molar-refractivity contribution >= 4 is 11.6 Å². The third-order valence-electron chi connectivity index (χ3n) is 3.51. The van der Waals surface area contributed by atoms with Gasteiger partial charge in [-0.3, -0.25) is 4.79 Å². The lowest BCUT2D eigenvalue weighted by atomic mass is 9.93. The molecule has 0 aromatic heterocycles. The van der Waals surface area contributed by atoms with Gasteiger partial charge >= 0.3 is 0 Å². The van der Waals surface area contributed by atoms with E-state index in [-0.39, 0.29) is 18.1 Å². The highest BCUT2D eigenvalue weighted by Crippen LogP contribution is 2.19. The normalized spacial score (nSPS) is 23.7. The summed E-state index contributed by atoms with van der Waals surface area (Å²) in [5, 5.41) is 12.5. The highest BCUT2D eigenvalue weighted by molar-refractivity contribution is 5.95. The van der Waals surface area contributed by atoms with E-state index in [1.54, 1.807) is 18.2 Å². The average molecular weight is 248 g/mol. The van der Waals surface area contributed by atoms with Crippen molar-refractivity contribution in [2.75, 3.05) is 5.73 Å². The van der Waals surface area contributed by atoms with Crippen LogP contribution in [0.5, 0.6) is 0 Å². The standard InChI is InChI=1S/C14H20N2O2/c1-9-7-10(5-6-13(9)15)14(18)16-11-3-2-4-12(17)8-11/h5-7,11-12,17H,2-4,8,15H2,1H3,(H,16,18). The van der Waals surface area contributed by atoms with Crippen LogP contribution < -0.4 is 11.1 Å². The molecule has 1 aromatic carbocycles. The number of benzene rings is 1. The molecule has 0 aliphatic heterocycles. The molecule has 2 atom stereocenters. The molecule has 1 amide bonds. The van der Waals surface area contributed by atoms with Crippen molar-refractivity contribution in [2.24, 2.45) is 0 Å². The molecule has 1 aliphatic carbocycles. The van der Waals surface area contributed by atoms with Crippen LogP contribution in [0.2, 0.25) is 0 Å². The minimum atomic E-state index is -0.280. The maximum atomic E-state index is 12.0. The van der Waals surface area contributed by atoms with Gasteiger partial charge in [0.05, 0.1) is 6.10 Å². The Labute approximate surface area is 107 Å². The van der Waals surface area contributed by atoms with E-state index >= 15 is 0 Å². The molecule has 1 saturated carbocycles. The molecule has 4 N–H and O–H groups in total. The number of aryl methyl sites for hydroxylation is 1. The molecule has 4 nitrogen and oxygen atoms in total. The Hall–Kier alpha value is -1.55. The van der Waals surface area contributed by atoms with E-state index in [4.69, 9.17) is 5.73 Å². The molecule has 0 spiro atoms. The van der Waals surface area contributed by atoms with Crippen molar-refractivity contribution in [3.05, 3.63) is 29.3 Å². The van der Waals surface area contributed by atoms with E-state index in [9.17, 15) is 9.90 Å². The van der Waals surface area contributed by atoms with Crippen LogP contribution in [0.1, 0.15) is 41.6 Å². The van der Waals surface area contributed by atoms with Gasteiger partial charge in [-0.15, -0.1) is 0 Å². The molecular formula is C14H20N2O2. The third-order valence-corrected chi connectivity index (χ3v) is 3.51. The van der Waals surface area contributed by atoms with Crippen LogP contribution in [0, 0.1) is 6.92 Å². The SMILES string of the molecule is Cc1cc(C(=O)NC2CCCC(O)C2)ccc1N. The van der Waals surface area contributed by atoms with Crippen molar-refractivity contribution in [1.29, 1.82) is 0 Å². The molecule has 0 bridgehead atoms. The number of hydrogen-bond acceptors (Lipinski definition) is 3. The fourth-order valence-corrected chi connectivity index (χ4v) is 2.38. The van der Waals surface area contributed by atoms with Crippen molar-refractivity contribution in [1.82, 2.24) is 5.32 Å². The second kappa shape index (κ2) is 5.40. The van der Waals surface area contributed by atoms with E-state index in [2.05, 4.69) is 5.32 Å². The molecule has 1 aromatic rings. The molecule has 0 heterocycles. The molecule has 1 aliphatic rings. The fraction of sp³-hybridized carbons (Fsp3) is 0.500. The van der Waals surface area contributed by atoms with Crippen molar-refractivity contribution < 1.29 is 9.90 Å². The topological polar surface area (TPSA) is 75.3 Å². The average Bonchev–Trinajstić information content (AvgIpc) is 2.32. The number of aliphatic hydroxyl groups is 1. The van der Waals surface area contributed by atoms with Crippen LogP contribution in [0.3, 0.4) is 0 Å². The maximum absolute atomic E-state index is 12.0. The van der Waals surface area contributed by atoms with E-state index in [1.807, 2.05) is 6.92 Å². The van der Waals surface area contributed by atoms with Crippen LogP contribution in [0.25, 0.3) is 0 Å². The monoisotopic (exact) mass is 248 g/mol. The Bertz CT molecular complexity index is 445. The van der Waals surface area contributed by atoms with Gasteiger partial charge in [-0.25, -0.2) is 0 Å². The minimum absolute atomic E-state index is 0.0825. The quantitative estimate of drug-likeness (QED) is 0.696. The molecule has 2 unspecified atom stereocenters. The second-order valence-electron chi connectivity index (χ2n) is 5.06. The number of carbonyl (C=O) groups is 1. The zero-order valence-corrected chi connectivity index (χ0v) is 10.6. The number of nitrogens with two attached hydrogens (primary N) is 1. The van der Waals surface area contributed by atoms with Crippen LogP contribution in [0.4, 0.5) is 5.69 Å². The number of aliphatic hydroxyl groups excluding tert-OH is 1. The van der Waals surface area contributed by atoms with Crippen molar-refractivity contribution in [2.45, 2.75) is 44.8 Å². The van der Waals surface area contributed by atoms with Crippen molar-refractivity contribution in [3.63, 3.8) is 0 Å².